The molecular formula is C25H25NO6S. The third-order valence-corrected chi connectivity index (χ3v) is 7.19. The normalized spacial score (nSPS) is 15.5. The van der Waals surface area contributed by atoms with Crippen molar-refractivity contribution < 1.29 is 27.8 Å². The number of aliphatic carboxylic acids is 1. The van der Waals surface area contributed by atoms with Gasteiger partial charge in [-0.25, -0.2) is 17.9 Å². The summed E-state index contributed by atoms with van der Waals surface area (Å²) in [7, 11) is -2.15. The molecule has 0 bridgehead atoms. The third kappa shape index (κ3) is 5.18. The van der Waals surface area contributed by atoms with E-state index in [1.54, 1.807) is 43.5 Å². The van der Waals surface area contributed by atoms with E-state index in [1.807, 2.05) is 30.3 Å². The van der Waals surface area contributed by atoms with E-state index in [-0.39, 0.29) is 4.90 Å². The van der Waals surface area contributed by atoms with Crippen LogP contribution < -0.4 is 14.2 Å². The number of carboxylic acid groups (broad SMARTS) is 1. The summed E-state index contributed by atoms with van der Waals surface area (Å²) in [5, 5.41) is 8.90. The van der Waals surface area contributed by atoms with Crippen molar-refractivity contribution in [3.8, 4) is 22.6 Å². The Labute approximate surface area is 193 Å². The van der Waals surface area contributed by atoms with Crippen molar-refractivity contribution in [2.75, 3.05) is 13.7 Å². The summed E-state index contributed by atoms with van der Waals surface area (Å²) in [6.45, 7) is -0.437. The largest absolute Gasteiger partial charge is 0.497 e. The van der Waals surface area contributed by atoms with Crippen molar-refractivity contribution in [1.29, 1.82) is 0 Å². The molecule has 0 saturated carbocycles. The van der Waals surface area contributed by atoms with Crippen molar-refractivity contribution in [2.45, 2.75) is 30.2 Å². The molecule has 1 aliphatic carbocycles. The maximum Gasteiger partial charge on any atom is 0.341 e. The molecule has 1 aliphatic rings. The SMILES string of the molecule is COc1ccc(-c2ccc(S(=O)(=O)N[C@@H]3CCCc4c(OCC(=O)O)cccc43)cc2)cc1. The molecule has 0 unspecified atom stereocenters. The van der Waals surface area contributed by atoms with Gasteiger partial charge in [-0.15, -0.1) is 0 Å². The fraction of sp³-hybridized carbons (Fsp3) is 0.240. The predicted octanol–water partition coefficient (Wildman–Crippen LogP) is 4.18. The molecule has 0 amide bonds. The first-order valence-corrected chi connectivity index (χ1v) is 12.1. The molecule has 7 nitrogen and oxygen atoms in total. The van der Waals surface area contributed by atoms with E-state index in [9.17, 15) is 13.2 Å². The van der Waals surface area contributed by atoms with Gasteiger partial charge in [-0.2, -0.15) is 0 Å². The van der Waals surface area contributed by atoms with Crippen molar-refractivity contribution in [1.82, 2.24) is 4.72 Å². The Kier molecular flexibility index (Phi) is 6.67. The van der Waals surface area contributed by atoms with Crippen LogP contribution in [-0.4, -0.2) is 33.2 Å². The molecule has 1 atom stereocenters. The molecule has 3 aromatic rings. The average Bonchev–Trinajstić information content (AvgIpc) is 2.83. The highest BCUT2D eigenvalue weighted by Gasteiger charge is 2.27. The Hall–Kier alpha value is -3.36. The highest BCUT2D eigenvalue weighted by Crippen LogP contribution is 2.36. The number of rotatable bonds is 8. The molecule has 4 rings (SSSR count). The smallest absolute Gasteiger partial charge is 0.341 e. The van der Waals surface area contributed by atoms with E-state index >= 15 is 0 Å². The first-order valence-electron chi connectivity index (χ1n) is 10.6. The Morgan fingerprint density at radius 1 is 1.03 bits per heavy atom. The maximum absolute atomic E-state index is 13.1. The molecule has 3 aromatic carbocycles. The van der Waals surface area contributed by atoms with Gasteiger partial charge >= 0.3 is 5.97 Å². The van der Waals surface area contributed by atoms with Crippen LogP contribution in [0.15, 0.2) is 71.6 Å². The fourth-order valence-electron chi connectivity index (χ4n) is 4.08. The van der Waals surface area contributed by atoms with Gasteiger partial charge in [0.2, 0.25) is 10.0 Å². The minimum absolute atomic E-state index is 0.185. The number of carbonyl (C=O) groups is 1. The van der Waals surface area contributed by atoms with Crippen LogP contribution in [-0.2, 0) is 21.2 Å². The van der Waals surface area contributed by atoms with E-state index in [0.717, 1.165) is 34.4 Å². The lowest BCUT2D eigenvalue weighted by molar-refractivity contribution is -0.139. The number of hydrogen-bond donors (Lipinski definition) is 2. The number of methoxy groups -OCH3 is 1. The topological polar surface area (TPSA) is 102 Å². The summed E-state index contributed by atoms with van der Waals surface area (Å²) in [6.07, 6.45) is 2.13. The highest BCUT2D eigenvalue weighted by molar-refractivity contribution is 7.89. The van der Waals surface area contributed by atoms with Crippen LogP contribution in [0.25, 0.3) is 11.1 Å². The number of ether oxygens (including phenoxy) is 2. The summed E-state index contributed by atoms with van der Waals surface area (Å²) >= 11 is 0. The number of benzene rings is 3. The van der Waals surface area contributed by atoms with Gasteiger partial charge in [0.05, 0.1) is 12.0 Å². The van der Waals surface area contributed by atoms with Gasteiger partial charge in [-0.05, 0) is 71.8 Å². The Balaban J connectivity index is 1.53. The summed E-state index contributed by atoms with van der Waals surface area (Å²) in [5.41, 5.74) is 3.54. The minimum atomic E-state index is -3.76. The monoisotopic (exact) mass is 467 g/mol. The Bertz CT molecular complexity index is 1240. The molecule has 0 saturated heterocycles. The van der Waals surface area contributed by atoms with Gasteiger partial charge in [-0.3, -0.25) is 0 Å². The quantitative estimate of drug-likeness (QED) is 0.515. The van der Waals surface area contributed by atoms with Crippen LogP contribution in [0.4, 0.5) is 0 Å². The number of nitrogens with one attached hydrogen (secondary N) is 1. The lowest BCUT2D eigenvalue weighted by Crippen LogP contribution is -2.31. The van der Waals surface area contributed by atoms with Crippen LogP contribution in [0, 0.1) is 0 Å². The van der Waals surface area contributed by atoms with Gasteiger partial charge in [0.15, 0.2) is 6.61 Å². The molecule has 33 heavy (non-hydrogen) atoms. The molecule has 0 fully saturated rings. The number of sulfonamides is 1. The van der Waals surface area contributed by atoms with Gasteiger partial charge in [-0.1, -0.05) is 36.4 Å². The third-order valence-electron chi connectivity index (χ3n) is 5.70. The summed E-state index contributed by atoms with van der Waals surface area (Å²) in [5.74, 6) is 0.188. The standard InChI is InChI=1S/C25H25NO6S/c1-31-19-12-8-17(9-13-19)18-10-14-20(15-11-18)33(29,30)26-23-6-2-5-22-21(23)4-3-7-24(22)32-16-25(27)28/h3-4,7-15,23,26H,2,5-6,16H2,1H3,(H,27,28)/t23-/m1/s1. The molecule has 0 aromatic heterocycles. The van der Waals surface area contributed by atoms with E-state index in [2.05, 4.69) is 4.72 Å². The Morgan fingerprint density at radius 3 is 2.33 bits per heavy atom. The van der Waals surface area contributed by atoms with Crippen LogP contribution in [0.3, 0.4) is 0 Å². The van der Waals surface area contributed by atoms with E-state index in [4.69, 9.17) is 14.6 Å². The highest BCUT2D eigenvalue weighted by atomic mass is 32.2. The average molecular weight is 468 g/mol. The van der Waals surface area contributed by atoms with E-state index in [0.29, 0.717) is 18.6 Å². The van der Waals surface area contributed by atoms with Gasteiger partial charge < -0.3 is 14.6 Å². The zero-order valence-corrected chi connectivity index (χ0v) is 19.0. The second-order valence-corrected chi connectivity index (χ2v) is 9.54. The van der Waals surface area contributed by atoms with Gasteiger partial charge in [0.25, 0.3) is 0 Å². The summed E-state index contributed by atoms with van der Waals surface area (Å²) in [6, 6.07) is 19.2. The van der Waals surface area contributed by atoms with E-state index < -0.39 is 28.6 Å². The molecule has 0 spiro atoms. The molecule has 8 heteroatoms. The number of hydrogen-bond acceptors (Lipinski definition) is 5. The van der Waals surface area contributed by atoms with E-state index in [1.165, 1.54) is 0 Å². The fourth-order valence-corrected chi connectivity index (χ4v) is 5.33. The zero-order valence-electron chi connectivity index (χ0n) is 18.2. The summed E-state index contributed by atoms with van der Waals surface area (Å²) in [4.78, 5) is 11.1. The molecule has 0 heterocycles. The second-order valence-electron chi connectivity index (χ2n) is 7.83. The van der Waals surface area contributed by atoms with Crippen LogP contribution in [0.5, 0.6) is 11.5 Å². The van der Waals surface area contributed by atoms with Gasteiger partial charge in [0.1, 0.15) is 11.5 Å². The van der Waals surface area contributed by atoms with Crippen molar-refractivity contribution in [2.24, 2.45) is 0 Å². The first-order chi connectivity index (χ1) is 15.9. The lowest BCUT2D eigenvalue weighted by Gasteiger charge is -2.27. The van der Waals surface area contributed by atoms with Gasteiger partial charge in [0, 0.05) is 6.04 Å². The van der Waals surface area contributed by atoms with Crippen LogP contribution in [0.1, 0.15) is 30.0 Å². The van der Waals surface area contributed by atoms with Crippen molar-refractivity contribution in [3.05, 3.63) is 77.9 Å². The maximum atomic E-state index is 13.1. The minimum Gasteiger partial charge on any atom is -0.497 e. The summed E-state index contributed by atoms with van der Waals surface area (Å²) < 4.78 is 39.6. The molecule has 2 N–H and O–H groups in total. The van der Waals surface area contributed by atoms with Crippen molar-refractivity contribution >= 4 is 16.0 Å². The van der Waals surface area contributed by atoms with Crippen molar-refractivity contribution in [3.63, 3.8) is 0 Å². The molecule has 0 aliphatic heterocycles. The first kappa shape index (κ1) is 22.8. The Morgan fingerprint density at radius 2 is 1.70 bits per heavy atom. The van der Waals surface area contributed by atoms with Crippen LogP contribution >= 0.6 is 0 Å². The molecular weight excluding hydrogens is 442 g/mol. The molecule has 172 valence electrons. The molecule has 0 radical (unpaired) electrons. The number of carboxylic acids is 1. The van der Waals surface area contributed by atoms with Crippen LogP contribution in [0.2, 0.25) is 0 Å². The number of fused-ring (bicyclic) bond motifs is 1. The lowest BCUT2D eigenvalue weighted by atomic mass is 9.87. The second kappa shape index (κ2) is 9.64. The predicted molar refractivity (Wildman–Crippen MR) is 124 cm³/mol. The zero-order chi connectivity index (χ0) is 23.4.